The van der Waals surface area contributed by atoms with E-state index in [1.54, 1.807) is 63.7 Å². The van der Waals surface area contributed by atoms with E-state index in [-0.39, 0.29) is 11.5 Å². The molecule has 0 atom stereocenters. The average Bonchev–Trinajstić information content (AvgIpc) is 2.86. The van der Waals surface area contributed by atoms with Gasteiger partial charge in [0.1, 0.15) is 28.5 Å². The van der Waals surface area contributed by atoms with Gasteiger partial charge < -0.3 is 24.1 Å². The van der Waals surface area contributed by atoms with Crippen molar-refractivity contribution in [1.29, 1.82) is 0 Å². The molecule has 4 rings (SSSR count). The van der Waals surface area contributed by atoms with Crippen molar-refractivity contribution in [3.8, 4) is 39.8 Å². The molecule has 0 spiro atoms. The highest BCUT2D eigenvalue weighted by Crippen LogP contribution is 2.38. The van der Waals surface area contributed by atoms with E-state index in [9.17, 15) is 9.59 Å². The molecule has 0 aliphatic carbocycles. The fourth-order valence-electron chi connectivity index (χ4n) is 3.82. The predicted molar refractivity (Wildman–Crippen MR) is 136 cm³/mol. The standard InChI is InChI=1S/C26H24ClN3O5/c1-30(2)26(32)15-6-8-17(19(27)11-15)18-10-14(7-9-21(18)34-4)24-28-20-12-16(33-3)13-22(35-5)23(20)25(31)29-24/h6-13H,1-5H3,(H,28,29,31). The first-order valence-corrected chi connectivity index (χ1v) is 11.0. The number of rotatable bonds is 6. The molecule has 9 heteroatoms. The number of nitrogens with one attached hydrogen (secondary N) is 1. The van der Waals surface area contributed by atoms with Crippen LogP contribution in [0.4, 0.5) is 0 Å². The fraction of sp³-hybridized carbons (Fsp3) is 0.192. The molecule has 0 radical (unpaired) electrons. The van der Waals surface area contributed by atoms with Gasteiger partial charge in [0.2, 0.25) is 0 Å². The summed E-state index contributed by atoms with van der Waals surface area (Å²) in [5, 5.41) is 0.720. The smallest absolute Gasteiger partial charge is 0.262 e. The lowest BCUT2D eigenvalue weighted by Crippen LogP contribution is -2.21. The molecular weight excluding hydrogens is 470 g/mol. The van der Waals surface area contributed by atoms with Crippen LogP contribution in [0.15, 0.2) is 53.3 Å². The zero-order chi connectivity index (χ0) is 25.3. The molecule has 35 heavy (non-hydrogen) atoms. The Morgan fingerprint density at radius 3 is 2.29 bits per heavy atom. The van der Waals surface area contributed by atoms with E-state index in [0.29, 0.717) is 61.3 Å². The van der Waals surface area contributed by atoms with Crippen molar-refractivity contribution in [3.05, 3.63) is 69.5 Å². The van der Waals surface area contributed by atoms with Crippen LogP contribution >= 0.6 is 11.6 Å². The van der Waals surface area contributed by atoms with Gasteiger partial charge in [-0.05, 0) is 30.3 Å². The summed E-state index contributed by atoms with van der Waals surface area (Å²) in [4.78, 5) is 34.2. The Morgan fingerprint density at radius 1 is 0.914 bits per heavy atom. The summed E-state index contributed by atoms with van der Waals surface area (Å²) in [6.45, 7) is 0. The molecule has 0 bridgehead atoms. The minimum Gasteiger partial charge on any atom is -0.497 e. The average molecular weight is 494 g/mol. The quantitative estimate of drug-likeness (QED) is 0.420. The molecule has 0 aliphatic rings. The minimum absolute atomic E-state index is 0.150. The van der Waals surface area contributed by atoms with Crippen LogP contribution in [0.2, 0.25) is 5.02 Å². The van der Waals surface area contributed by atoms with Crippen LogP contribution in [-0.4, -0.2) is 56.2 Å². The van der Waals surface area contributed by atoms with Crippen molar-refractivity contribution in [2.75, 3.05) is 35.4 Å². The van der Waals surface area contributed by atoms with Gasteiger partial charge >= 0.3 is 0 Å². The topological polar surface area (TPSA) is 93.8 Å². The number of methoxy groups -OCH3 is 3. The molecule has 0 fully saturated rings. The van der Waals surface area contributed by atoms with Gasteiger partial charge in [-0.25, -0.2) is 4.98 Å². The highest BCUT2D eigenvalue weighted by molar-refractivity contribution is 6.33. The Labute approximate surface area is 207 Å². The lowest BCUT2D eigenvalue weighted by atomic mass is 9.99. The molecule has 0 unspecified atom stereocenters. The number of aromatic nitrogens is 2. The summed E-state index contributed by atoms with van der Waals surface area (Å²) < 4.78 is 16.2. The Morgan fingerprint density at radius 2 is 1.66 bits per heavy atom. The van der Waals surface area contributed by atoms with E-state index in [1.165, 1.54) is 19.1 Å². The number of aromatic amines is 1. The minimum atomic E-state index is -0.341. The molecule has 4 aromatic rings. The van der Waals surface area contributed by atoms with E-state index in [1.807, 2.05) is 6.07 Å². The molecule has 1 amide bonds. The zero-order valence-corrected chi connectivity index (χ0v) is 20.7. The number of hydrogen-bond acceptors (Lipinski definition) is 6. The number of nitrogens with zero attached hydrogens (tertiary/aromatic N) is 2. The third-order valence-corrected chi connectivity index (χ3v) is 5.90. The van der Waals surface area contributed by atoms with Gasteiger partial charge in [-0.2, -0.15) is 0 Å². The van der Waals surface area contributed by atoms with Crippen LogP contribution in [0, 0.1) is 0 Å². The van der Waals surface area contributed by atoms with Gasteiger partial charge in [0.25, 0.3) is 11.5 Å². The van der Waals surface area contributed by atoms with Gasteiger partial charge in [-0.1, -0.05) is 17.7 Å². The maximum Gasteiger partial charge on any atom is 0.262 e. The van der Waals surface area contributed by atoms with Crippen molar-refractivity contribution in [1.82, 2.24) is 14.9 Å². The third-order valence-electron chi connectivity index (χ3n) is 5.59. The maximum atomic E-state index is 12.9. The highest BCUT2D eigenvalue weighted by atomic mass is 35.5. The Balaban J connectivity index is 1.87. The summed E-state index contributed by atoms with van der Waals surface area (Å²) in [6.07, 6.45) is 0. The second kappa shape index (κ2) is 9.68. The first-order valence-electron chi connectivity index (χ1n) is 10.6. The van der Waals surface area contributed by atoms with Crippen LogP contribution < -0.4 is 19.8 Å². The predicted octanol–water partition coefficient (Wildman–Crippen LogP) is 4.64. The second-order valence-corrected chi connectivity index (χ2v) is 8.35. The number of hydrogen-bond donors (Lipinski definition) is 1. The number of H-pyrrole nitrogens is 1. The number of carbonyl (C=O) groups excluding carboxylic acids is 1. The summed E-state index contributed by atoms with van der Waals surface area (Å²) in [5.41, 5.74) is 2.57. The molecule has 1 N–H and O–H groups in total. The van der Waals surface area contributed by atoms with Crippen molar-refractivity contribution in [2.45, 2.75) is 0 Å². The van der Waals surface area contributed by atoms with Gasteiger partial charge in [0, 0.05) is 53.5 Å². The lowest BCUT2D eigenvalue weighted by molar-refractivity contribution is 0.0827. The number of carbonyl (C=O) groups is 1. The molecule has 1 heterocycles. The van der Waals surface area contributed by atoms with Crippen LogP contribution in [0.3, 0.4) is 0 Å². The summed E-state index contributed by atoms with van der Waals surface area (Å²) in [7, 11) is 7.94. The molecule has 0 saturated carbocycles. The summed E-state index contributed by atoms with van der Waals surface area (Å²) >= 11 is 6.58. The number of halogens is 1. The second-order valence-electron chi connectivity index (χ2n) is 7.95. The van der Waals surface area contributed by atoms with Crippen molar-refractivity contribution in [2.24, 2.45) is 0 Å². The zero-order valence-electron chi connectivity index (χ0n) is 19.9. The number of fused-ring (bicyclic) bond motifs is 1. The Kier molecular flexibility index (Phi) is 6.66. The van der Waals surface area contributed by atoms with Crippen LogP contribution in [0.25, 0.3) is 33.4 Å². The van der Waals surface area contributed by atoms with E-state index < -0.39 is 0 Å². The molecule has 3 aromatic carbocycles. The fourth-order valence-corrected chi connectivity index (χ4v) is 4.10. The van der Waals surface area contributed by atoms with Crippen molar-refractivity contribution in [3.63, 3.8) is 0 Å². The number of ether oxygens (including phenoxy) is 3. The third kappa shape index (κ3) is 4.52. The van der Waals surface area contributed by atoms with Gasteiger partial charge in [0.05, 0.1) is 26.8 Å². The van der Waals surface area contributed by atoms with Crippen molar-refractivity contribution >= 4 is 28.4 Å². The molecule has 0 saturated heterocycles. The highest BCUT2D eigenvalue weighted by Gasteiger charge is 2.17. The molecule has 180 valence electrons. The van der Waals surface area contributed by atoms with Gasteiger partial charge in [0.15, 0.2) is 0 Å². The monoisotopic (exact) mass is 493 g/mol. The van der Waals surface area contributed by atoms with Gasteiger partial charge in [-0.3, -0.25) is 9.59 Å². The van der Waals surface area contributed by atoms with E-state index >= 15 is 0 Å². The lowest BCUT2D eigenvalue weighted by Gasteiger charge is -2.15. The normalized spacial score (nSPS) is 10.8. The number of amides is 1. The van der Waals surface area contributed by atoms with Crippen LogP contribution in [0.1, 0.15) is 10.4 Å². The largest absolute Gasteiger partial charge is 0.497 e. The Bertz CT molecular complexity index is 1500. The van der Waals surface area contributed by atoms with E-state index in [2.05, 4.69) is 9.97 Å². The molecular formula is C26H24ClN3O5. The molecule has 1 aromatic heterocycles. The van der Waals surface area contributed by atoms with Crippen LogP contribution in [0.5, 0.6) is 17.2 Å². The van der Waals surface area contributed by atoms with Gasteiger partial charge in [-0.15, -0.1) is 0 Å². The first kappa shape index (κ1) is 24.1. The van der Waals surface area contributed by atoms with E-state index in [0.717, 1.165) is 0 Å². The summed E-state index contributed by atoms with van der Waals surface area (Å²) in [6, 6.07) is 13.8. The Hall–Kier alpha value is -4.04. The maximum absolute atomic E-state index is 12.9. The summed E-state index contributed by atoms with van der Waals surface area (Å²) in [5.74, 6) is 1.68. The number of benzene rings is 3. The van der Waals surface area contributed by atoms with E-state index in [4.69, 9.17) is 25.8 Å². The molecule has 0 aliphatic heterocycles. The SMILES string of the molecule is COc1cc(OC)c2c(=O)[nH]c(-c3ccc(OC)c(-c4ccc(C(=O)N(C)C)cc4Cl)c3)nc2c1. The first-order chi connectivity index (χ1) is 16.8. The van der Waals surface area contributed by atoms with Crippen LogP contribution in [-0.2, 0) is 0 Å². The van der Waals surface area contributed by atoms with Crippen molar-refractivity contribution < 1.29 is 19.0 Å². The molecule has 8 nitrogen and oxygen atoms in total.